The number of alkyl halides is 3. The molecule has 0 aromatic rings. The molecule has 8 heavy (non-hydrogen) atoms. The fourth-order valence-corrected chi connectivity index (χ4v) is 0. The van der Waals surface area contributed by atoms with Gasteiger partial charge in [-0.3, -0.25) is 0 Å². The highest BCUT2D eigenvalue weighted by molar-refractivity contribution is 4.52. The third-order valence-electron chi connectivity index (χ3n) is 0.655. The minimum Gasteiger partial charge on any atom is -0.344 e. The molecule has 0 fully saturated rings. The Morgan fingerprint density at radius 1 is 1.12 bits per heavy atom. The maximum Gasteiger partial charge on any atom is 0.391 e. The Kier molecular flexibility index (Phi) is 3.89. The van der Waals surface area contributed by atoms with E-state index in [9.17, 15) is 13.2 Å². The summed E-state index contributed by atoms with van der Waals surface area (Å²) in [6.45, 7) is 2.25. The van der Waals surface area contributed by atoms with E-state index in [1.54, 1.807) is 0 Å². The van der Waals surface area contributed by atoms with E-state index >= 15 is 0 Å². The van der Waals surface area contributed by atoms with Crippen molar-refractivity contribution in [2.45, 2.75) is 20.0 Å². The summed E-state index contributed by atoms with van der Waals surface area (Å²) in [7, 11) is 0. The predicted octanol–water partition coefficient (Wildman–Crippen LogP) is 2.37. The van der Waals surface area contributed by atoms with Gasteiger partial charge < -0.3 is 6.15 Å². The first kappa shape index (κ1) is 10.7. The van der Waals surface area contributed by atoms with Crippen LogP contribution in [0, 0.1) is 5.92 Å². The van der Waals surface area contributed by atoms with Gasteiger partial charge in [-0.15, -0.1) is 0 Å². The van der Waals surface area contributed by atoms with Crippen LogP contribution in [0.2, 0.25) is 0 Å². The van der Waals surface area contributed by atoms with E-state index in [2.05, 4.69) is 0 Å². The molecule has 0 unspecified atom stereocenters. The maximum absolute atomic E-state index is 11.2. The van der Waals surface area contributed by atoms with Gasteiger partial charge in [-0.25, -0.2) is 0 Å². The number of hydrogen-bond donors (Lipinski definition) is 1. The monoisotopic (exact) mass is 129 g/mol. The Morgan fingerprint density at radius 2 is 1.25 bits per heavy atom. The highest BCUT2D eigenvalue weighted by Gasteiger charge is 2.31. The van der Waals surface area contributed by atoms with Crippen LogP contribution in [0.5, 0.6) is 0 Å². The molecule has 0 aliphatic heterocycles. The lowest BCUT2D eigenvalue weighted by molar-refractivity contribution is -0.164. The normalized spacial score (nSPS) is 11.2. The average molecular weight is 129 g/mol. The van der Waals surface area contributed by atoms with Crippen LogP contribution in [0.1, 0.15) is 13.8 Å². The lowest BCUT2D eigenvalue weighted by Crippen LogP contribution is -2.15. The first-order valence-corrected chi connectivity index (χ1v) is 2.01. The molecule has 0 saturated heterocycles. The predicted molar refractivity (Wildman–Crippen MR) is 25.9 cm³/mol. The van der Waals surface area contributed by atoms with Crippen molar-refractivity contribution in [1.29, 1.82) is 0 Å². The highest BCUT2D eigenvalue weighted by atomic mass is 19.4. The van der Waals surface area contributed by atoms with Gasteiger partial charge in [-0.2, -0.15) is 13.2 Å². The van der Waals surface area contributed by atoms with Gasteiger partial charge in [-0.1, -0.05) is 13.8 Å². The average Bonchev–Trinajstić information content (AvgIpc) is 1.31. The third-order valence-corrected chi connectivity index (χ3v) is 0.655. The van der Waals surface area contributed by atoms with Crippen molar-refractivity contribution in [1.82, 2.24) is 6.15 Å². The van der Waals surface area contributed by atoms with Crippen LogP contribution >= 0.6 is 0 Å². The van der Waals surface area contributed by atoms with Crippen LogP contribution in [0.4, 0.5) is 13.2 Å². The zero-order valence-corrected chi connectivity index (χ0v) is 4.92. The summed E-state index contributed by atoms with van der Waals surface area (Å²) in [5, 5.41) is 0. The summed E-state index contributed by atoms with van der Waals surface area (Å²) < 4.78 is 33.5. The zero-order valence-electron chi connectivity index (χ0n) is 4.92. The van der Waals surface area contributed by atoms with E-state index in [1.807, 2.05) is 0 Å². The third kappa shape index (κ3) is 3.92. The summed E-state index contributed by atoms with van der Waals surface area (Å²) in [6, 6.07) is 0. The maximum atomic E-state index is 11.2. The zero-order chi connectivity index (χ0) is 6.08. The minimum atomic E-state index is -4.00. The van der Waals surface area contributed by atoms with Gasteiger partial charge in [0.25, 0.3) is 0 Å². The molecule has 52 valence electrons. The van der Waals surface area contributed by atoms with E-state index in [1.165, 1.54) is 0 Å². The van der Waals surface area contributed by atoms with Gasteiger partial charge in [0.05, 0.1) is 0 Å². The van der Waals surface area contributed by atoms with Gasteiger partial charge in [0, 0.05) is 5.92 Å². The van der Waals surface area contributed by atoms with Crippen LogP contribution in [0.3, 0.4) is 0 Å². The first-order chi connectivity index (χ1) is 2.94. The fourth-order valence-electron chi connectivity index (χ4n) is 0. The lowest BCUT2D eigenvalue weighted by Gasteiger charge is -2.07. The second-order valence-corrected chi connectivity index (χ2v) is 1.70. The Balaban J connectivity index is 0. The SMILES string of the molecule is CC(C)C(F)(F)F.N. The van der Waals surface area contributed by atoms with Crippen LogP contribution in [0.15, 0.2) is 0 Å². The Morgan fingerprint density at radius 3 is 1.25 bits per heavy atom. The molecule has 0 atom stereocenters. The van der Waals surface area contributed by atoms with E-state index in [0.717, 1.165) is 13.8 Å². The van der Waals surface area contributed by atoms with Gasteiger partial charge in [0.2, 0.25) is 0 Å². The molecule has 0 rings (SSSR count). The molecule has 0 aliphatic rings. The molecule has 0 aliphatic carbocycles. The molecule has 4 heteroatoms. The number of hydrogen-bond acceptors (Lipinski definition) is 1. The summed E-state index contributed by atoms with van der Waals surface area (Å²) in [5.41, 5.74) is 0. The summed E-state index contributed by atoms with van der Waals surface area (Å²) >= 11 is 0. The Hall–Kier alpha value is -0.250. The van der Waals surface area contributed by atoms with Crippen LogP contribution < -0.4 is 6.15 Å². The topological polar surface area (TPSA) is 35.0 Å². The van der Waals surface area contributed by atoms with Gasteiger partial charge in [0.1, 0.15) is 0 Å². The summed E-state index contributed by atoms with van der Waals surface area (Å²) in [4.78, 5) is 0. The quantitative estimate of drug-likeness (QED) is 0.535. The first-order valence-electron chi connectivity index (χ1n) is 2.01. The van der Waals surface area contributed by atoms with Gasteiger partial charge in [0.15, 0.2) is 0 Å². The van der Waals surface area contributed by atoms with E-state index in [-0.39, 0.29) is 6.15 Å². The second kappa shape index (κ2) is 2.91. The Bertz CT molecular complexity index is 56.8. The van der Waals surface area contributed by atoms with Crippen LogP contribution in [-0.2, 0) is 0 Å². The standard InChI is InChI=1S/C4H7F3.H3N/c1-3(2)4(5,6)7;/h3H,1-2H3;1H3. The molecular formula is C4H10F3N. The Labute approximate surface area is 46.5 Å². The summed E-state index contributed by atoms with van der Waals surface area (Å²) in [5.74, 6) is -1.20. The molecule has 1 nitrogen and oxygen atoms in total. The smallest absolute Gasteiger partial charge is 0.344 e. The van der Waals surface area contributed by atoms with Crippen molar-refractivity contribution in [2.24, 2.45) is 5.92 Å². The van der Waals surface area contributed by atoms with Crippen molar-refractivity contribution in [3.8, 4) is 0 Å². The molecule has 0 radical (unpaired) electrons. The largest absolute Gasteiger partial charge is 0.391 e. The van der Waals surface area contributed by atoms with Crippen LogP contribution in [0.25, 0.3) is 0 Å². The fraction of sp³-hybridized carbons (Fsp3) is 1.00. The number of halogens is 3. The van der Waals surface area contributed by atoms with Gasteiger partial charge >= 0.3 is 6.18 Å². The van der Waals surface area contributed by atoms with Gasteiger partial charge in [-0.05, 0) is 0 Å². The van der Waals surface area contributed by atoms with Crippen molar-refractivity contribution in [3.05, 3.63) is 0 Å². The molecule has 0 heterocycles. The highest BCUT2D eigenvalue weighted by Crippen LogP contribution is 2.24. The van der Waals surface area contributed by atoms with Crippen LogP contribution in [-0.4, -0.2) is 6.18 Å². The van der Waals surface area contributed by atoms with Crippen molar-refractivity contribution >= 4 is 0 Å². The molecule has 0 aromatic carbocycles. The molecule has 0 amide bonds. The molecule has 0 spiro atoms. The summed E-state index contributed by atoms with van der Waals surface area (Å²) in [6.07, 6.45) is -4.00. The second-order valence-electron chi connectivity index (χ2n) is 1.70. The van der Waals surface area contributed by atoms with E-state index < -0.39 is 12.1 Å². The number of rotatable bonds is 0. The molecule has 0 bridgehead atoms. The molecular weight excluding hydrogens is 119 g/mol. The molecule has 3 N–H and O–H groups in total. The van der Waals surface area contributed by atoms with E-state index in [0.29, 0.717) is 0 Å². The van der Waals surface area contributed by atoms with Crippen molar-refractivity contribution in [2.75, 3.05) is 0 Å². The minimum absolute atomic E-state index is 0. The molecule has 0 saturated carbocycles. The molecule has 0 aromatic heterocycles. The van der Waals surface area contributed by atoms with Crippen molar-refractivity contribution < 1.29 is 13.2 Å². The lowest BCUT2D eigenvalue weighted by atomic mass is 10.2. The van der Waals surface area contributed by atoms with E-state index in [4.69, 9.17) is 0 Å². The van der Waals surface area contributed by atoms with Crippen molar-refractivity contribution in [3.63, 3.8) is 0 Å².